The van der Waals surface area contributed by atoms with Crippen molar-refractivity contribution in [1.82, 2.24) is 20.3 Å². The summed E-state index contributed by atoms with van der Waals surface area (Å²) in [5.74, 6) is 1.95. The molecule has 1 fully saturated rings. The number of anilines is 1. The van der Waals surface area contributed by atoms with E-state index in [1.54, 1.807) is 18.5 Å². The molecule has 0 bridgehead atoms. The van der Waals surface area contributed by atoms with Gasteiger partial charge in [0.2, 0.25) is 0 Å². The van der Waals surface area contributed by atoms with Crippen LogP contribution < -0.4 is 10.2 Å². The van der Waals surface area contributed by atoms with Gasteiger partial charge in [-0.15, -0.1) is 0 Å². The Hall–Kier alpha value is -2.50. The van der Waals surface area contributed by atoms with Crippen LogP contribution in [-0.2, 0) is 6.54 Å². The molecule has 0 saturated carbocycles. The zero-order chi connectivity index (χ0) is 16.9. The predicted molar refractivity (Wildman–Crippen MR) is 92.8 cm³/mol. The summed E-state index contributed by atoms with van der Waals surface area (Å²) < 4.78 is 0. The second-order valence-corrected chi connectivity index (χ2v) is 6.39. The molecule has 6 heteroatoms. The van der Waals surface area contributed by atoms with E-state index < -0.39 is 0 Å². The zero-order valence-electron chi connectivity index (χ0n) is 14.2. The topological polar surface area (TPSA) is 71.0 Å². The lowest BCUT2D eigenvalue weighted by Gasteiger charge is -2.32. The first-order valence-corrected chi connectivity index (χ1v) is 8.39. The van der Waals surface area contributed by atoms with Gasteiger partial charge in [0, 0.05) is 38.1 Å². The number of amides is 1. The van der Waals surface area contributed by atoms with E-state index >= 15 is 0 Å². The fraction of sp³-hybridized carbons (Fsp3) is 0.444. The first-order chi connectivity index (χ1) is 11.6. The minimum Gasteiger partial charge on any atom is -0.356 e. The molecule has 1 N–H and O–H groups in total. The molecule has 2 aromatic rings. The monoisotopic (exact) mass is 325 g/mol. The highest BCUT2D eigenvalue weighted by molar-refractivity contribution is 5.92. The second-order valence-electron chi connectivity index (χ2n) is 6.39. The highest BCUT2D eigenvalue weighted by Crippen LogP contribution is 2.21. The first-order valence-electron chi connectivity index (χ1n) is 8.39. The van der Waals surface area contributed by atoms with E-state index in [1.165, 1.54) is 6.42 Å². The van der Waals surface area contributed by atoms with Gasteiger partial charge in [-0.1, -0.05) is 6.92 Å². The standard InChI is InChI=1S/C18H23N5O/c1-13-4-3-9-23(12-13)17-10-16(21-14(2)22-17)18(24)20-11-15-5-7-19-8-6-15/h5-8,10,13H,3-4,9,11-12H2,1-2H3,(H,20,24). The van der Waals surface area contributed by atoms with Crippen LogP contribution in [0, 0.1) is 12.8 Å². The van der Waals surface area contributed by atoms with Crippen LogP contribution in [0.3, 0.4) is 0 Å². The molecule has 126 valence electrons. The van der Waals surface area contributed by atoms with E-state index in [1.807, 2.05) is 19.1 Å². The molecule has 24 heavy (non-hydrogen) atoms. The number of pyridine rings is 1. The third-order valence-electron chi connectivity index (χ3n) is 4.24. The Labute approximate surface area is 142 Å². The van der Waals surface area contributed by atoms with Crippen LogP contribution in [0.4, 0.5) is 5.82 Å². The number of aromatic nitrogens is 3. The van der Waals surface area contributed by atoms with Gasteiger partial charge in [0.05, 0.1) is 0 Å². The Morgan fingerprint density at radius 3 is 2.88 bits per heavy atom. The number of nitrogens with one attached hydrogen (secondary N) is 1. The minimum atomic E-state index is -0.177. The lowest BCUT2D eigenvalue weighted by molar-refractivity contribution is 0.0945. The number of nitrogens with zero attached hydrogens (tertiary/aromatic N) is 4. The van der Waals surface area contributed by atoms with Crippen LogP contribution in [0.2, 0.25) is 0 Å². The Bertz CT molecular complexity index is 704. The molecule has 3 rings (SSSR count). The van der Waals surface area contributed by atoms with Crippen LogP contribution in [0.25, 0.3) is 0 Å². The van der Waals surface area contributed by atoms with Crippen LogP contribution in [0.1, 0.15) is 41.6 Å². The summed E-state index contributed by atoms with van der Waals surface area (Å²) in [5.41, 5.74) is 1.43. The molecule has 0 aromatic carbocycles. The SMILES string of the molecule is Cc1nc(C(=O)NCc2ccncc2)cc(N2CCCC(C)C2)n1. The normalized spacial score (nSPS) is 17.6. The van der Waals surface area contributed by atoms with Gasteiger partial charge in [0.25, 0.3) is 5.91 Å². The summed E-state index contributed by atoms with van der Waals surface area (Å²) in [6.07, 6.45) is 5.84. The molecule has 1 unspecified atom stereocenters. The van der Waals surface area contributed by atoms with Gasteiger partial charge >= 0.3 is 0 Å². The zero-order valence-corrected chi connectivity index (χ0v) is 14.2. The highest BCUT2D eigenvalue weighted by atomic mass is 16.1. The number of aryl methyl sites for hydroxylation is 1. The highest BCUT2D eigenvalue weighted by Gasteiger charge is 2.19. The lowest BCUT2D eigenvalue weighted by Crippen LogP contribution is -2.35. The molecule has 0 radical (unpaired) electrons. The Morgan fingerprint density at radius 1 is 1.33 bits per heavy atom. The maximum atomic E-state index is 12.4. The van der Waals surface area contributed by atoms with Crippen LogP contribution in [0.15, 0.2) is 30.6 Å². The Kier molecular flexibility index (Phi) is 5.03. The van der Waals surface area contributed by atoms with Gasteiger partial charge in [0.15, 0.2) is 0 Å². The molecular formula is C18H23N5O. The number of piperidine rings is 1. The van der Waals surface area contributed by atoms with Crippen molar-refractivity contribution in [3.63, 3.8) is 0 Å². The van der Waals surface area contributed by atoms with E-state index in [0.717, 1.165) is 30.9 Å². The van der Waals surface area contributed by atoms with Crippen molar-refractivity contribution in [3.05, 3.63) is 47.7 Å². The van der Waals surface area contributed by atoms with Gasteiger partial charge in [-0.2, -0.15) is 0 Å². The Morgan fingerprint density at radius 2 is 2.12 bits per heavy atom. The first kappa shape index (κ1) is 16.4. The molecule has 2 aromatic heterocycles. The molecule has 1 atom stereocenters. The third kappa shape index (κ3) is 4.07. The van der Waals surface area contributed by atoms with E-state index in [0.29, 0.717) is 24.0 Å². The van der Waals surface area contributed by atoms with Crippen molar-refractivity contribution >= 4 is 11.7 Å². The van der Waals surface area contributed by atoms with E-state index in [-0.39, 0.29) is 5.91 Å². The summed E-state index contributed by atoms with van der Waals surface area (Å²) in [5, 5.41) is 2.91. The predicted octanol–water partition coefficient (Wildman–Crippen LogP) is 2.35. The van der Waals surface area contributed by atoms with Crippen LogP contribution in [-0.4, -0.2) is 33.9 Å². The van der Waals surface area contributed by atoms with Crippen molar-refractivity contribution in [2.24, 2.45) is 5.92 Å². The number of rotatable bonds is 4. The smallest absolute Gasteiger partial charge is 0.270 e. The summed E-state index contributed by atoms with van der Waals surface area (Å²) >= 11 is 0. The van der Waals surface area contributed by atoms with Gasteiger partial charge < -0.3 is 10.2 Å². The van der Waals surface area contributed by atoms with Crippen molar-refractivity contribution in [2.45, 2.75) is 33.2 Å². The van der Waals surface area contributed by atoms with E-state index in [9.17, 15) is 4.79 Å². The molecule has 0 spiro atoms. The summed E-state index contributed by atoms with van der Waals surface area (Å²) in [6, 6.07) is 5.56. The van der Waals surface area contributed by atoms with E-state index in [4.69, 9.17) is 0 Å². The Balaban J connectivity index is 1.72. The average molecular weight is 325 g/mol. The molecule has 1 saturated heterocycles. The van der Waals surface area contributed by atoms with Crippen molar-refractivity contribution in [2.75, 3.05) is 18.0 Å². The number of carbonyl (C=O) groups is 1. The maximum Gasteiger partial charge on any atom is 0.270 e. The minimum absolute atomic E-state index is 0.177. The maximum absolute atomic E-state index is 12.4. The van der Waals surface area contributed by atoms with Crippen LogP contribution in [0.5, 0.6) is 0 Å². The summed E-state index contributed by atoms with van der Waals surface area (Å²) in [4.78, 5) is 27.5. The van der Waals surface area contributed by atoms with Crippen molar-refractivity contribution in [1.29, 1.82) is 0 Å². The van der Waals surface area contributed by atoms with Crippen LogP contribution >= 0.6 is 0 Å². The number of hydrogen-bond acceptors (Lipinski definition) is 5. The summed E-state index contributed by atoms with van der Waals surface area (Å²) in [7, 11) is 0. The molecular weight excluding hydrogens is 302 g/mol. The summed E-state index contributed by atoms with van der Waals surface area (Å²) in [6.45, 7) is 6.51. The number of carbonyl (C=O) groups excluding carboxylic acids is 1. The van der Waals surface area contributed by atoms with Gasteiger partial charge in [0.1, 0.15) is 17.3 Å². The number of hydrogen-bond donors (Lipinski definition) is 1. The largest absolute Gasteiger partial charge is 0.356 e. The molecule has 3 heterocycles. The van der Waals surface area contributed by atoms with Gasteiger partial charge in [-0.25, -0.2) is 9.97 Å². The van der Waals surface area contributed by atoms with Gasteiger partial charge in [-0.3, -0.25) is 9.78 Å². The second kappa shape index (κ2) is 7.38. The molecule has 1 amide bonds. The fourth-order valence-electron chi connectivity index (χ4n) is 3.00. The van der Waals surface area contributed by atoms with E-state index in [2.05, 4.69) is 32.1 Å². The molecule has 6 nitrogen and oxygen atoms in total. The lowest BCUT2D eigenvalue weighted by atomic mass is 10.0. The molecule has 0 aliphatic carbocycles. The molecule has 1 aliphatic rings. The average Bonchev–Trinajstić information content (AvgIpc) is 2.60. The third-order valence-corrected chi connectivity index (χ3v) is 4.24. The van der Waals surface area contributed by atoms with Crippen molar-refractivity contribution < 1.29 is 4.79 Å². The van der Waals surface area contributed by atoms with Crippen molar-refractivity contribution in [3.8, 4) is 0 Å². The van der Waals surface area contributed by atoms with Gasteiger partial charge in [-0.05, 0) is 43.4 Å². The molecule has 1 aliphatic heterocycles. The quantitative estimate of drug-likeness (QED) is 0.934. The fourth-order valence-corrected chi connectivity index (χ4v) is 3.00.